The summed E-state index contributed by atoms with van der Waals surface area (Å²) < 4.78 is 0. The molecule has 0 spiro atoms. The largest absolute Gasteiger partial charge is 0.354 e. The second kappa shape index (κ2) is 9.33. The summed E-state index contributed by atoms with van der Waals surface area (Å²) in [5.41, 5.74) is 7.77. The van der Waals surface area contributed by atoms with Gasteiger partial charge >= 0.3 is 0 Å². The zero-order chi connectivity index (χ0) is 11.8. The summed E-state index contributed by atoms with van der Waals surface area (Å²) in [5.74, 6) is 1.81. The first-order valence-corrected chi connectivity index (χ1v) is 6.48. The first-order valence-electron chi connectivity index (χ1n) is 5.32. The molecule has 0 aromatic heterocycles. The van der Waals surface area contributed by atoms with E-state index in [9.17, 15) is 4.79 Å². The SMILES string of the molecule is Cc1ccc(CSCCNC(=O)CN)cc1.Cl. The minimum Gasteiger partial charge on any atom is -0.354 e. The van der Waals surface area contributed by atoms with E-state index in [1.54, 1.807) is 0 Å². The van der Waals surface area contributed by atoms with E-state index in [2.05, 4.69) is 36.5 Å². The molecule has 5 heteroatoms. The van der Waals surface area contributed by atoms with Gasteiger partial charge in [-0.3, -0.25) is 4.79 Å². The summed E-state index contributed by atoms with van der Waals surface area (Å²) in [4.78, 5) is 10.8. The van der Waals surface area contributed by atoms with E-state index in [-0.39, 0.29) is 24.9 Å². The van der Waals surface area contributed by atoms with Gasteiger partial charge in [-0.1, -0.05) is 29.8 Å². The molecule has 1 aromatic carbocycles. The summed E-state index contributed by atoms with van der Waals surface area (Å²) in [6.45, 7) is 2.84. The van der Waals surface area contributed by atoms with Gasteiger partial charge in [-0.05, 0) is 12.5 Å². The van der Waals surface area contributed by atoms with Crippen LogP contribution in [0.1, 0.15) is 11.1 Å². The lowest BCUT2D eigenvalue weighted by atomic mass is 10.2. The summed E-state index contributed by atoms with van der Waals surface area (Å²) in [5, 5.41) is 2.74. The third kappa shape index (κ3) is 7.26. The molecular weight excluding hydrogens is 256 g/mol. The highest BCUT2D eigenvalue weighted by atomic mass is 35.5. The molecule has 17 heavy (non-hydrogen) atoms. The molecular formula is C12H19ClN2OS. The van der Waals surface area contributed by atoms with Crippen molar-refractivity contribution in [2.75, 3.05) is 18.8 Å². The van der Waals surface area contributed by atoms with Crippen molar-refractivity contribution in [1.82, 2.24) is 5.32 Å². The number of halogens is 1. The van der Waals surface area contributed by atoms with E-state index in [1.807, 2.05) is 11.8 Å². The van der Waals surface area contributed by atoms with E-state index >= 15 is 0 Å². The van der Waals surface area contributed by atoms with E-state index < -0.39 is 0 Å². The number of hydrogen-bond donors (Lipinski definition) is 2. The molecule has 96 valence electrons. The zero-order valence-corrected chi connectivity index (χ0v) is 11.6. The van der Waals surface area contributed by atoms with Crippen LogP contribution < -0.4 is 11.1 Å². The normalized spacial score (nSPS) is 9.53. The summed E-state index contributed by atoms with van der Waals surface area (Å²) in [6, 6.07) is 8.51. The molecule has 1 amide bonds. The van der Waals surface area contributed by atoms with E-state index in [4.69, 9.17) is 5.73 Å². The number of rotatable bonds is 6. The van der Waals surface area contributed by atoms with E-state index in [0.717, 1.165) is 11.5 Å². The molecule has 0 aliphatic heterocycles. The van der Waals surface area contributed by atoms with Crippen molar-refractivity contribution in [3.8, 4) is 0 Å². The van der Waals surface area contributed by atoms with Crippen molar-refractivity contribution in [3.63, 3.8) is 0 Å². The maximum absolute atomic E-state index is 10.8. The van der Waals surface area contributed by atoms with Crippen LogP contribution in [-0.2, 0) is 10.5 Å². The number of carbonyl (C=O) groups is 1. The van der Waals surface area contributed by atoms with Crippen LogP contribution >= 0.6 is 24.2 Å². The fourth-order valence-corrected chi connectivity index (χ4v) is 2.03. The van der Waals surface area contributed by atoms with Crippen molar-refractivity contribution in [3.05, 3.63) is 35.4 Å². The van der Waals surface area contributed by atoms with Crippen molar-refractivity contribution < 1.29 is 4.79 Å². The van der Waals surface area contributed by atoms with Gasteiger partial charge in [-0.25, -0.2) is 0 Å². The van der Waals surface area contributed by atoms with Gasteiger partial charge in [0.25, 0.3) is 0 Å². The molecule has 0 fully saturated rings. The molecule has 3 N–H and O–H groups in total. The molecule has 0 radical (unpaired) electrons. The first-order chi connectivity index (χ1) is 7.72. The molecule has 0 unspecified atom stereocenters. The number of aryl methyl sites for hydroxylation is 1. The van der Waals surface area contributed by atoms with Crippen molar-refractivity contribution >= 4 is 30.1 Å². The second-order valence-corrected chi connectivity index (χ2v) is 4.70. The van der Waals surface area contributed by atoms with Crippen molar-refractivity contribution in [2.24, 2.45) is 5.73 Å². The van der Waals surface area contributed by atoms with Gasteiger partial charge in [0.05, 0.1) is 6.54 Å². The number of carbonyl (C=O) groups excluding carboxylic acids is 1. The minimum absolute atomic E-state index is 0. The Morgan fingerprint density at radius 2 is 2.00 bits per heavy atom. The molecule has 0 saturated carbocycles. The number of amides is 1. The lowest BCUT2D eigenvalue weighted by Gasteiger charge is -2.04. The van der Waals surface area contributed by atoms with Crippen LogP contribution in [0.3, 0.4) is 0 Å². The average Bonchev–Trinajstić information content (AvgIpc) is 2.31. The highest BCUT2D eigenvalue weighted by Crippen LogP contribution is 2.12. The third-order valence-electron chi connectivity index (χ3n) is 2.14. The highest BCUT2D eigenvalue weighted by molar-refractivity contribution is 7.98. The van der Waals surface area contributed by atoms with Crippen LogP contribution in [0.4, 0.5) is 0 Å². The van der Waals surface area contributed by atoms with Crippen LogP contribution in [0.15, 0.2) is 24.3 Å². The number of thioether (sulfide) groups is 1. The monoisotopic (exact) mass is 274 g/mol. The molecule has 0 saturated heterocycles. The molecule has 0 aliphatic rings. The predicted molar refractivity (Wildman–Crippen MR) is 76.7 cm³/mol. The molecule has 3 nitrogen and oxygen atoms in total. The molecule has 0 bridgehead atoms. The van der Waals surface area contributed by atoms with Crippen molar-refractivity contribution in [1.29, 1.82) is 0 Å². The molecule has 0 aliphatic carbocycles. The van der Waals surface area contributed by atoms with Crippen molar-refractivity contribution in [2.45, 2.75) is 12.7 Å². The fourth-order valence-electron chi connectivity index (χ4n) is 1.21. The second-order valence-electron chi connectivity index (χ2n) is 3.59. The van der Waals surface area contributed by atoms with E-state index in [1.165, 1.54) is 11.1 Å². The highest BCUT2D eigenvalue weighted by Gasteiger charge is 1.96. The standard InChI is InChI=1S/C12H18N2OS.ClH/c1-10-2-4-11(5-3-10)9-16-7-6-14-12(15)8-13;/h2-5H,6-9,13H2,1H3,(H,14,15);1H. The van der Waals surface area contributed by atoms with Gasteiger partial charge in [0.2, 0.25) is 5.91 Å². The summed E-state index contributed by atoms with van der Waals surface area (Å²) >= 11 is 1.81. The Labute approximate surface area is 113 Å². The van der Waals surface area contributed by atoms with Crippen LogP contribution in [0.25, 0.3) is 0 Å². The Balaban J connectivity index is 0.00000256. The van der Waals surface area contributed by atoms with Crippen LogP contribution in [-0.4, -0.2) is 24.7 Å². The summed E-state index contributed by atoms with van der Waals surface area (Å²) in [6.07, 6.45) is 0. The summed E-state index contributed by atoms with van der Waals surface area (Å²) in [7, 11) is 0. The topological polar surface area (TPSA) is 55.1 Å². The van der Waals surface area contributed by atoms with Gasteiger partial charge in [-0.2, -0.15) is 11.8 Å². The predicted octanol–water partition coefficient (Wildman–Crippen LogP) is 1.72. The van der Waals surface area contributed by atoms with Gasteiger partial charge in [0, 0.05) is 18.1 Å². The van der Waals surface area contributed by atoms with Crippen LogP contribution in [0.5, 0.6) is 0 Å². The number of hydrogen-bond acceptors (Lipinski definition) is 3. The molecule has 1 rings (SSSR count). The first kappa shape index (κ1) is 16.3. The Bertz CT molecular complexity index is 330. The molecule has 0 atom stereocenters. The molecule has 1 aromatic rings. The maximum atomic E-state index is 10.8. The number of nitrogens with two attached hydrogens (primary N) is 1. The van der Waals surface area contributed by atoms with Gasteiger partial charge < -0.3 is 11.1 Å². The zero-order valence-electron chi connectivity index (χ0n) is 9.94. The number of nitrogens with one attached hydrogen (secondary N) is 1. The minimum atomic E-state index is -0.0871. The fraction of sp³-hybridized carbons (Fsp3) is 0.417. The lowest BCUT2D eigenvalue weighted by Crippen LogP contribution is -2.31. The lowest BCUT2D eigenvalue weighted by molar-refractivity contribution is -0.119. The number of benzene rings is 1. The third-order valence-corrected chi connectivity index (χ3v) is 3.17. The van der Waals surface area contributed by atoms with Crippen LogP contribution in [0, 0.1) is 6.92 Å². The Kier molecular flexibility index (Phi) is 8.94. The van der Waals surface area contributed by atoms with Gasteiger partial charge in [0.15, 0.2) is 0 Å². The Morgan fingerprint density at radius 1 is 1.35 bits per heavy atom. The molecule has 0 heterocycles. The Hall–Kier alpha value is -0.710. The maximum Gasteiger partial charge on any atom is 0.233 e. The average molecular weight is 275 g/mol. The Morgan fingerprint density at radius 3 is 2.59 bits per heavy atom. The van der Waals surface area contributed by atoms with E-state index in [0.29, 0.717) is 6.54 Å². The quantitative estimate of drug-likeness (QED) is 0.777. The van der Waals surface area contributed by atoms with Gasteiger partial charge in [0.1, 0.15) is 0 Å². The van der Waals surface area contributed by atoms with Gasteiger partial charge in [-0.15, -0.1) is 12.4 Å². The van der Waals surface area contributed by atoms with Crippen LogP contribution in [0.2, 0.25) is 0 Å². The smallest absolute Gasteiger partial charge is 0.233 e.